The average Bonchev–Trinajstić information content (AvgIpc) is 3.24. The number of allylic oxidation sites excluding steroid dienone is 1. The summed E-state index contributed by atoms with van der Waals surface area (Å²) in [6.07, 6.45) is 12.3. The molecule has 5 aliphatic carbocycles. The SMILES string of the molecule is CO[C@@H]1C[C@H]2[C@@H]3CC[C@H]([C@H](C)[C@@H](O)CC(C)=C(C)C)[C@@]3(C)CC[C@@H]2[C@@]2(C)CC[C@H]3C[C@]312. The van der Waals surface area contributed by atoms with Crippen LogP contribution < -0.4 is 0 Å². The van der Waals surface area contributed by atoms with Crippen molar-refractivity contribution in [2.75, 3.05) is 7.11 Å². The van der Waals surface area contributed by atoms with E-state index in [4.69, 9.17) is 4.74 Å². The Balaban J connectivity index is 1.38. The molecule has 5 fully saturated rings. The predicted octanol–water partition coefficient (Wildman–Crippen LogP) is 7.01. The van der Waals surface area contributed by atoms with Crippen molar-refractivity contribution in [3.05, 3.63) is 11.1 Å². The molecule has 5 saturated carbocycles. The number of hydrogen-bond donors (Lipinski definition) is 1. The van der Waals surface area contributed by atoms with E-state index in [1.165, 1.54) is 62.5 Å². The first-order valence-electron chi connectivity index (χ1n) is 13.4. The summed E-state index contributed by atoms with van der Waals surface area (Å²) in [6, 6.07) is 0. The molecule has 0 aromatic rings. The van der Waals surface area contributed by atoms with Crippen molar-refractivity contribution in [2.24, 2.45) is 51.8 Å². The maximum Gasteiger partial charge on any atom is 0.0638 e. The Bertz CT molecular complexity index is 752. The van der Waals surface area contributed by atoms with Crippen LogP contribution in [-0.4, -0.2) is 24.4 Å². The van der Waals surface area contributed by atoms with Gasteiger partial charge in [-0.1, -0.05) is 31.9 Å². The van der Waals surface area contributed by atoms with Gasteiger partial charge in [-0.25, -0.2) is 0 Å². The van der Waals surface area contributed by atoms with Gasteiger partial charge in [-0.15, -0.1) is 0 Å². The van der Waals surface area contributed by atoms with Crippen LogP contribution in [0.5, 0.6) is 0 Å². The molecule has 1 N–H and O–H groups in total. The van der Waals surface area contributed by atoms with Crippen molar-refractivity contribution in [3.63, 3.8) is 0 Å². The van der Waals surface area contributed by atoms with Gasteiger partial charge in [0.2, 0.25) is 0 Å². The third-order valence-electron chi connectivity index (χ3n) is 12.5. The van der Waals surface area contributed by atoms with Crippen molar-refractivity contribution < 1.29 is 9.84 Å². The molecular weight excluding hydrogens is 380 g/mol. The van der Waals surface area contributed by atoms with Crippen molar-refractivity contribution in [1.82, 2.24) is 0 Å². The zero-order valence-electron chi connectivity index (χ0n) is 21.3. The van der Waals surface area contributed by atoms with Gasteiger partial charge in [0.05, 0.1) is 12.2 Å². The van der Waals surface area contributed by atoms with Gasteiger partial charge < -0.3 is 9.84 Å². The van der Waals surface area contributed by atoms with Crippen LogP contribution in [0.25, 0.3) is 0 Å². The topological polar surface area (TPSA) is 29.5 Å². The zero-order chi connectivity index (χ0) is 22.3. The van der Waals surface area contributed by atoms with E-state index in [0.29, 0.717) is 34.2 Å². The molecule has 0 unspecified atom stereocenters. The molecule has 2 heteroatoms. The van der Waals surface area contributed by atoms with E-state index < -0.39 is 0 Å². The second kappa shape index (κ2) is 7.33. The lowest BCUT2D eigenvalue weighted by Crippen LogP contribution is -2.57. The van der Waals surface area contributed by atoms with Gasteiger partial charge in [0.15, 0.2) is 0 Å². The quantitative estimate of drug-likeness (QED) is 0.477. The van der Waals surface area contributed by atoms with E-state index in [9.17, 15) is 5.11 Å². The van der Waals surface area contributed by atoms with E-state index in [-0.39, 0.29) is 6.10 Å². The molecule has 31 heavy (non-hydrogen) atoms. The van der Waals surface area contributed by atoms with Crippen molar-refractivity contribution >= 4 is 0 Å². The highest BCUT2D eigenvalue weighted by Gasteiger charge is 2.77. The molecule has 11 atom stereocenters. The zero-order valence-corrected chi connectivity index (χ0v) is 21.3. The van der Waals surface area contributed by atoms with Crippen LogP contribution in [-0.2, 0) is 4.74 Å². The summed E-state index contributed by atoms with van der Waals surface area (Å²) in [6.45, 7) is 14.2. The Morgan fingerprint density at radius 3 is 2.42 bits per heavy atom. The molecule has 0 saturated heterocycles. The fraction of sp³-hybridized carbons (Fsp3) is 0.931. The molecule has 0 heterocycles. The molecule has 2 nitrogen and oxygen atoms in total. The number of fused-ring (bicyclic) bond motifs is 4. The predicted molar refractivity (Wildman–Crippen MR) is 128 cm³/mol. The number of rotatable bonds is 5. The van der Waals surface area contributed by atoms with Crippen LogP contribution in [0.4, 0.5) is 0 Å². The van der Waals surface area contributed by atoms with Gasteiger partial charge in [0, 0.05) is 12.5 Å². The highest BCUT2D eigenvalue weighted by molar-refractivity contribution is 5.26. The number of methoxy groups -OCH3 is 1. The largest absolute Gasteiger partial charge is 0.393 e. The van der Waals surface area contributed by atoms with E-state index in [1.807, 2.05) is 7.11 Å². The summed E-state index contributed by atoms with van der Waals surface area (Å²) in [7, 11) is 2.00. The summed E-state index contributed by atoms with van der Waals surface area (Å²) in [4.78, 5) is 0. The summed E-state index contributed by atoms with van der Waals surface area (Å²) < 4.78 is 6.28. The molecule has 0 aromatic carbocycles. The number of aliphatic hydroxyl groups is 1. The minimum absolute atomic E-state index is 0.200. The molecule has 1 spiro atoms. The van der Waals surface area contributed by atoms with Crippen LogP contribution >= 0.6 is 0 Å². The second-order valence-electron chi connectivity index (χ2n) is 13.4. The minimum atomic E-state index is -0.200. The lowest BCUT2D eigenvalue weighted by molar-refractivity contribution is -0.162. The van der Waals surface area contributed by atoms with Gasteiger partial charge in [-0.2, -0.15) is 0 Å². The lowest BCUT2D eigenvalue weighted by Gasteiger charge is -2.61. The molecule has 176 valence electrons. The Morgan fingerprint density at radius 1 is 1.03 bits per heavy atom. The molecule has 0 radical (unpaired) electrons. The number of hydrogen-bond acceptors (Lipinski definition) is 2. The van der Waals surface area contributed by atoms with Crippen LogP contribution in [0.1, 0.15) is 99.3 Å². The molecule has 0 aliphatic heterocycles. The van der Waals surface area contributed by atoms with Gasteiger partial charge >= 0.3 is 0 Å². The molecule has 0 amide bonds. The lowest BCUT2D eigenvalue weighted by atomic mass is 9.45. The maximum atomic E-state index is 11.2. The molecule has 0 aromatic heterocycles. The Hall–Kier alpha value is -0.340. The monoisotopic (exact) mass is 428 g/mol. The minimum Gasteiger partial charge on any atom is -0.393 e. The first kappa shape index (κ1) is 22.5. The highest BCUT2D eigenvalue weighted by atomic mass is 16.5. The Morgan fingerprint density at radius 2 is 1.77 bits per heavy atom. The van der Waals surface area contributed by atoms with Crippen LogP contribution in [0, 0.1) is 51.8 Å². The fourth-order valence-electron chi connectivity index (χ4n) is 10.5. The van der Waals surface area contributed by atoms with Crippen molar-refractivity contribution in [2.45, 2.75) is 112 Å². The third kappa shape index (κ3) is 2.89. The van der Waals surface area contributed by atoms with Crippen LogP contribution in [0.3, 0.4) is 0 Å². The normalized spacial score (nSPS) is 51.9. The number of ether oxygens (including phenoxy) is 1. The van der Waals surface area contributed by atoms with Gasteiger partial charge in [0.25, 0.3) is 0 Å². The van der Waals surface area contributed by atoms with Crippen LogP contribution in [0.2, 0.25) is 0 Å². The van der Waals surface area contributed by atoms with Crippen molar-refractivity contribution in [1.29, 1.82) is 0 Å². The molecular formula is C29H48O2. The standard InChI is InChI=1S/C29H48O2/c1-17(2)18(3)14-25(30)19(4)22-8-9-23-21-15-26(31-7)29-16-20(29)10-13-28(29,6)24(21)11-12-27(22,23)5/h19-26,30H,8-16H2,1-7H3/t19-,20-,21-,22+,23-,24-,25-,26+,27+,28+,29-/m0/s1. The van der Waals surface area contributed by atoms with Gasteiger partial charge in [-0.05, 0) is 125 Å². The number of aliphatic hydroxyl groups excluding tert-OH is 1. The smallest absolute Gasteiger partial charge is 0.0638 e. The third-order valence-corrected chi connectivity index (χ3v) is 12.5. The highest BCUT2D eigenvalue weighted by Crippen LogP contribution is 2.82. The van der Waals surface area contributed by atoms with Crippen molar-refractivity contribution in [3.8, 4) is 0 Å². The van der Waals surface area contributed by atoms with Gasteiger partial charge in [0.1, 0.15) is 0 Å². The maximum absolute atomic E-state index is 11.2. The summed E-state index contributed by atoms with van der Waals surface area (Å²) in [5.74, 6) is 4.61. The Labute approximate surface area is 191 Å². The molecule has 5 aliphatic rings. The van der Waals surface area contributed by atoms with E-state index in [2.05, 4.69) is 41.5 Å². The van der Waals surface area contributed by atoms with Gasteiger partial charge in [-0.3, -0.25) is 0 Å². The second-order valence-corrected chi connectivity index (χ2v) is 13.4. The summed E-state index contributed by atoms with van der Waals surface area (Å²) >= 11 is 0. The molecule has 5 rings (SSSR count). The van der Waals surface area contributed by atoms with E-state index in [1.54, 1.807) is 0 Å². The van der Waals surface area contributed by atoms with Crippen LogP contribution in [0.15, 0.2) is 11.1 Å². The Kier molecular flexibility index (Phi) is 5.31. The first-order valence-corrected chi connectivity index (χ1v) is 13.4. The van der Waals surface area contributed by atoms with E-state index in [0.717, 1.165) is 30.1 Å². The average molecular weight is 429 g/mol. The molecule has 0 bridgehead atoms. The summed E-state index contributed by atoms with van der Waals surface area (Å²) in [5.41, 5.74) is 4.19. The fourth-order valence-corrected chi connectivity index (χ4v) is 10.5. The summed E-state index contributed by atoms with van der Waals surface area (Å²) in [5, 5.41) is 11.2. The first-order chi connectivity index (χ1) is 14.6. The van der Waals surface area contributed by atoms with E-state index >= 15 is 0 Å².